The second-order valence-corrected chi connectivity index (χ2v) is 35.9. The fourth-order valence-electron chi connectivity index (χ4n) is 14.9. The molecule has 0 aliphatic carbocycles. The van der Waals surface area contributed by atoms with Crippen molar-refractivity contribution in [1.82, 2.24) is 90.0 Å². The van der Waals surface area contributed by atoms with E-state index in [0.29, 0.717) is 16.7 Å². The summed E-state index contributed by atoms with van der Waals surface area (Å²) in [4.78, 5) is 241. The Morgan fingerprint density at radius 2 is 0.687 bits per heavy atom. The van der Waals surface area contributed by atoms with Crippen molar-refractivity contribution in [3.8, 4) is 0 Å². The van der Waals surface area contributed by atoms with Crippen LogP contribution in [-0.2, 0) is 101 Å². The summed E-state index contributed by atoms with van der Waals surface area (Å²) in [6.07, 6.45) is -4.43. The van der Waals surface area contributed by atoms with Crippen LogP contribution in [0.3, 0.4) is 0 Å². The average molecular weight is 1880 g/mol. The lowest BCUT2D eigenvalue weighted by Crippen LogP contribution is -2.62. The molecule has 1 saturated heterocycles. The Morgan fingerprint density at radius 3 is 1.07 bits per heavy atom. The van der Waals surface area contributed by atoms with Crippen molar-refractivity contribution in [3.63, 3.8) is 0 Å². The monoisotopic (exact) mass is 1880 g/mol. The number of aliphatic hydroxyl groups excluding tert-OH is 2. The summed E-state index contributed by atoms with van der Waals surface area (Å²) in [7, 11) is 0. The van der Waals surface area contributed by atoms with Crippen LogP contribution in [0.4, 0.5) is 0 Å². The van der Waals surface area contributed by atoms with Gasteiger partial charge >= 0.3 is 5.97 Å². The molecule has 29 N–H and O–H groups in total. The van der Waals surface area contributed by atoms with E-state index < -0.39 is 229 Å². The third-order valence-corrected chi connectivity index (χ3v) is 21.6. The Kier molecular flexibility index (Phi) is 49.2. The standard InChI is InChI=1S/C91H143N23O20/c1-49(2)39-62(106-83(127)66(102-72(118)47-92)45-57-27-18-14-19-28-57)80(124)103-60(32-23-37-99-91(96)97)78(122)107-65(44-56-25-16-13-17-26-56)76(120)100-48-73(119)101-59(31-22-36-98-90(94)95)77(121)108-67(46-58-29-20-15-21-30-58)84(128)110-68(42-52(7)8)88(132)114-38-24-33-70(114)85(129)113-75(55(12)116)86(130)109-64(41-51(5)6)82(126)105-63(40-50(3)4)81(125)104-61(34-35-71(93)117)79(123)112-74(54(11)115)87(131)111-69(89(133)134)43-53(9)10/h13-21,25-30,49-55,59-70,74-75,115-116H,22-24,31-48,92H2,1-12H3,(H2,93,117)(H,100,120)(H,101,119)(H,102,118)(H,103,124)(H,104,125)(H,105,126)(H,106,127)(H,107,122)(H,108,121)(H,109,130)(H,110,128)(H,111,131)(H,112,123)(H,113,129)(H,133,134)(H4,94,95,98)(H4,96,97,99)/t54-,55-,59+,60+,61+,62+,63+,64+,65+,66+,67+,68+,69+,70+,74+,75+/m1/s1. The third kappa shape index (κ3) is 41.9. The van der Waals surface area contributed by atoms with Gasteiger partial charge in [-0.05, 0) is 137 Å². The van der Waals surface area contributed by atoms with E-state index in [9.17, 15) is 87.2 Å². The molecule has 3 aromatic rings. The van der Waals surface area contributed by atoms with E-state index in [2.05, 4.69) is 85.1 Å². The number of guanidine groups is 2. The second-order valence-electron chi connectivity index (χ2n) is 35.9. The van der Waals surface area contributed by atoms with Crippen LogP contribution in [0.1, 0.15) is 183 Å². The predicted molar refractivity (Wildman–Crippen MR) is 497 cm³/mol. The second kappa shape index (κ2) is 58.2. The summed E-state index contributed by atoms with van der Waals surface area (Å²) >= 11 is 0. The van der Waals surface area contributed by atoms with Crippen molar-refractivity contribution in [2.45, 2.75) is 283 Å². The number of aliphatic hydroxyl groups is 2. The molecule has 0 aromatic heterocycles. The fourth-order valence-corrected chi connectivity index (χ4v) is 14.9. The van der Waals surface area contributed by atoms with Crippen molar-refractivity contribution in [1.29, 1.82) is 10.8 Å². The molecule has 1 heterocycles. The lowest BCUT2D eigenvalue weighted by atomic mass is 9.99. The Hall–Kier alpha value is -12.9. The number of carboxylic acid groups (broad SMARTS) is 1. The largest absolute Gasteiger partial charge is 0.480 e. The maximum atomic E-state index is 15.1. The van der Waals surface area contributed by atoms with Gasteiger partial charge in [-0.1, -0.05) is 160 Å². The topological polar surface area (TPSA) is 698 Å². The van der Waals surface area contributed by atoms with Crippen molar-refractivity contribution < 1.29 is 96.8 Å². The predicted octanol–water partition coefficient (Wildman–Crippen LogP) is -3.05. The molecule has 4 rings (SSSR count). The van der Waals surface area contributed by atoms with Crippen molar-refractivity contribution in [2.24, 2.45) is 52.5 Å². The number of benzene rings is 3. The molecule has 3 aromatic carbocycles. The van der Waals surface area contributed by atoms with Gasteiger partial charge in [0.2, 0.25) is 94.5 Å². The lowest BCUT2D eigenvalue weighted by molar-refractivity contribution is -0.143. The first-order valence-electron chi connectivity index (χ1n) is 45.5. The maximum Gasteiger partial charge on any atom is 0.326 e. The molecule has 1 fully saturated rings. The highest BCUT2D eigenvalue weighted by Gasteiger charge is 2.43. The number of primary amides is 1. The summed E-state index contributed by atoms with van der Waals surface area (Å²) < 4.78 is 0. The number of nitrogens with zero attached hydrogens (tertiary/aromatic N) is 1. The number of likely N-dealkylation sites (tertiary alicyclic amines) is 1. The minimum atomic E-state index is -1.79. The smallest absolute Gasteiger partial charge is 0.326 e. The van der Waals surface area contributed by atoms with Crippen LogP contribution < -0.4 is 108 Å². The van der Waals surface area contributed by atoms with Gasteiger partial charge in [0, 0.05) is 45.3 Å². The molecule has 0 spiro atoms. The van der Waals surface area contributed by atoms with E-state index in [1.807, 2.05) is 0 Å². The minimum absolute atomic E-state index is 0.00381. The van der Waals surface area contributed by atoms with Crippen LogP contribution in [0.15, 0.2) is 91.0 Å². The normalized spacial score (nSPS) is 15.8. The van der Waals surface area contributed by atoms with Gasteiger partial charge in [0.15, 0.2) is 11.9 Å². The molecular weight excluding hydrogens is 1740 g/mol. The molecule has 1 aliphatic heterocycles. The fraction of sp³-hybridized carbons (Fsp3) is 0.593. The highest BCUT2D eigenvalue weighted by molar-refractivity contribution is 6.01. The van der Waals surface area contributed by atoms with Gasteiger partial charge < -0.3 is 128 Å². The summed E-state index contributed by atoms with van der Waals surface area (Å²) in [5.41, 5.74) is 24.0. The first kappa shape index (κ1) is 113. The number of nitrogens with two attached hydrogens (primary N) is 4. The summed E-state index contributed by atoms with van der Waals surface area (Å²) in [5, 5.41) is 88.9. The van der Waals surface area contributed by atoms with Gasteiger partial charge in [0.1, 0.15) is 84.6 Å². The Bertz CT molecular complexity index is 4410. The molecule has 43 nitrogen and oxygen atoms in total. The summed E-state index contributed by atoms with van der Waals surface area (Å²) in [5.74, 6) is -17.8. The Morgan fingerprint density at radius 1 is 0.373 bits per heavy atom. The Labute approximate surface area is 782 Å². The highest BCUT2D eigenvalue weighted by atomic mass is 16.4. The maximum absolute atomic E-state index is 15.1. The molecule has 0 saturated carbocycles. The van der Waals surface area contributed by atoms with Gasteiger partial charge in [-0.2, -0.15) is 0 Å². The SMILES string of the molecule is CC(C)C[C@H](NC(=O)[C@@H](NC(=O)[C@H](CCC(N)=O)NC(=O)[C@H](CC(C)C)NC(=O)[C@H](CC(C)C)NC(=O)[C@@H](NC(=O)[C@@H]1CCCN1C(=O)[C@H](CC(C)C)NC(=O)[C@H](Cc1ccccc1)NC(=O)[C@H](CCCNC(=N)N)NC(=O)CNC(=O)[C@H](Cc1ccccc1)NC(=O)[C@H](CCCNC(=N)N)NC(=O)[C@H](CC(C)C)NC(=O)[C@H](Cc1ccccc1)NC(=O)CN)[C@@H](C)O)[C@@H](C)O)C(=O)O. The van der Waals surface area contributed by atoms with Gasteiger partial charge in [-0.25, -0.2) is 4.79 Å². The molecule has 16 atom stereocenters. The van der Waals surface area contributed by atoms with Crippen molar-refractivity contribution >= 4 is 112 Å². The minimum Gasteiger partial charge on any atom is -0.480 e. The quantitative estimate of drug-likeness (QED) is 0.0152. The third-order valence-electron chi connectivity index (χ3n) is 21.6. The van der Waals surface area contributed by atoms with Gasteiger partial charge in [0.25, 0.3) is 0 Å². The number of carbonyl (C=O) groups is 17. The van der Waals surface area contributed by atoms with E-state index in [-0.39, 0.29) is 145 Å². The highest BCUT2D eigenvalue weighted by Crippen LogP contribution is 2.23. The molecule has 0 bridgehead atoms. The molecule has 742 valence electrons. The number of hydrogen-bond acceptors (Lipinski definition) is 22. The number of nitrogens with one attached hydrogen (secondary N) is 18. The molecule has 43 heteroatoms. The van der Waals surface area contributed by atoms with E-state index in [1.54, 1.807) is 160 Å². The van der Waals surface area contributed by atoms with E-state index in [1.165, 1.54) is 11.8 Å². The number of aliphatic carboxylic acids is 1. The molecule has 0 radical (unpaired) electrons. The molecule has 16 amide bonds. The first-order valence-corrected chi connectivity index (χ1v) is 45.5. The number of hydrogen-bond donors (Lipinski definition) is 25. The number of carboxylic acids is 1. The average Bonchev–Trinajstić information content (AvgIpc) is 1.60. The summed E-state index contributed by atoms with van der Waals surface area (Å²) in [6.45, 7) is 18.6. The zero-order valence-electron chi connectivity index (χ0n) is 78.7. The van der Waals surface area contributed by atoms with Crippen LogP contribution in [0.25, 0.3) is 0 Å². The van der Waals surface area contributed by atoms with Crippen LogP contribution in [0, 0.1) is 40.4 Å². The van der Waals surface area contributed by atoms with Crippen molar-refractivity contribution in [3.05, 3.63) is 108 Å². The van der Waals surface area contributed by atoms with Crippen molar-refractivity contribution in [2.75, 3.05) is 32.7 Å². The van der Waals surface area contributed by atoms with Gasteiger partial charge in [-0.15, -0.1) is 0 Å². The Balaban J connectivity index is 1.61. The molecular formula is C91H143N23O20. The van der Waals surface area contributed by atoms with Gasteiger partial charge in [0.05, 0.1) is 25.3 Å². The van der Waals surface area contributed by atoms with Crippen LogP contribution >= 0.6 is 0 Å². The zero-order chi connectivity index (χ0) is 100. The number of carbonyl (C=O) groups excluding carboxylic acids is 16. The summed E-state index contributed by atoms with van der Waals surface area (Å²) in [6, 6.07) is 5.20. The molecule has 1 aliphatic rings. The van der Waals surface area contributed by atoms with Crippen LogP contribution in [0.2, 0.25) is 0 Å². The molecule has 134 heavy (non-hydrogen) atoms. The van der Waals surface area contributed by atoms with Crippen LogP contribution in [-0.4, -0.2) is 262 Å². The number of amides is 16. The van der Waals surface area contributed by atoms with E-state index >= 15 is 9.59 Å². The van der Waals surface area contributed by atoms with Gasteiger partial charge in [-0.3, -0.25) is 87.5 Å². The van der Waals surface area contributed by atoms with E-state index in [4.69, 9.17) is 33.8 Å². The van der Waals surface area contributed by atoms with E-state index in [0.717, 1.165) is 6.92 Å². The molecule has 0 unspecified atom stereocenters. The lowest BCUT2D eigenvalue weighted by Gasteiger charge is -2.32. The number of rotatable bonds is 59. The zero-order valence-corrected chi connectivity index (χ0v) is 78.7. The van der Waals surface area contributed by atoms with Crippen LogP contribution in [0.5, 0.6) is 0 Å². The first-order chi connectivity index (χ1) is 63.2.